The third-order valence-electron chi connectivity index (χ3n) is 2.76. The Morgan fingerprint density at radius 1 is 0.944 bits per heavy atom. The minimum atomic E-state index is 1.07. The summed E-state index contributed by atoms with van der Waals surface area (Å²) in [5, 5.41) is 3.44. The maximum atomic E-state index is 4.97. The van der Waals surface area contributed by atoms with Gasteiger partial charge in [-0.05, 0) is 30.7 Å². The molecule has 92 valence electrons. The highest BCUT2D eigenvalue weighted by Gasteiger charge is 2.01. The van der Waals surface area contributed by atoms with E-state index in [9.17, 15) is 0 Å². The number of hydrogen-bond acceptors (Lipinski definition) is 2. The van der Waals surface area contributed by atoms with Crippen molar-refractivity contribution < 1.29 is 4.74 Å². The molecule has 2 rings (SSSR count). The minimum absolute atomic E-state index is 1.07. The molecule has 0 spiro atoms. The molecule has 0 bridgehead atoms. The van der Waals surface area contributed by atoms with E-state index in [0.717, 1.165) is 16.9 Å². The van der Waals surface area contributed by atoms with Gasteiger partial charge in [0.1, 0.15) is 0 Å². The van der Waals surface area contributed by atoms with Crippen molar-refractivity contribution in [3.8, 4) is 0 Å². The van der Waals surface area contributed by atoms with Gasteiger partial charge in [0.2, 0.25) is 0 Å². The molecule has 1 N–H and O–H groups in total. The van der Waals surface area contributed by atoms with Crippen LogP contribution in [0, 0.1) is 6.92 Å². The minimum Gasteiger partial charge on any atom is -0.504 e. The molecule has 0 atom stereocenters. The quantitative estimate of drug-likeness (QED) is 0.800. The largest absolute Gasteiger partial charge is 0.504 e. The first kappa shape index (κ1) is 12.2. The van der Waals surface area contributed by atoms with Crippen LogP contribution in [0.15, 0.2) is 54.8 Å². The van der Waals surface area contributed by atoms with Crippen LogP contribution in [0.3, 0.4) is 0 Å². The van der Waals surface area contributed by atoms with Crippen LogP contribution in [0.25, 0.3) is 6.08 Å². The maximum Gasteiger partial charge on any atom is 0.0831 e. The van der Waals surface area contributed by atoms with Gasteiger partial charge >= 0.3 is 0 Å². The molecule has 2 aromatic carbocycles. The van der Waals surface area contributed by atoms with Crippen molar-refractivity contribution in [2.75, 3.05) is 12.4 Å². The van der Waals surface area contributed by atoms with E-state index in [1.807, 2.05) is 30.3 Å². The Hall–Kier alpha value is -2.22. The number of benzene rings is 2. The normalized spacial score (nSPS) is 10.6. The van der Waals surface area contributed by atoms with Crippen LogP contribution in [0.4, 0.5) is 11.4 Å². The van der Waals surface area contributed by atoms with Crippen molar-refractivity contribution >= 4 is 17.5 Å². The van der Waals surface area contributed by atoms with Crippen LogP contribution in [0.5, 0.6) is 0 Å². The lowest BCUT2D eigenvalue weighted by Crippen LogP contribution is -1.94. The van der Waals surface area contributed by atoms with Crippen molar-refractivity contribution in [2.45, 2.75) is 6.92 Å². The highest BCUT2D eigenvalue weighted by Crippen LogP contribution is 2.24. The van der Waals surface area contributed by atoms with Crippen molar-refractivity contribution in [1.29, 1.82) is 0 Å². The molecule has 2 nitrogen and oxygen atoms in total. The van der Waals surface area contributed by atoms with Crippen LogP contribution in [-0.4, -0.2) is 7.11 Å². The van der Waals surface area contributed by atoms with Gasteiger partial charge in [0, 0.05) is 16.9 Å². The Bertz CT molecular complexity index is 546. The van der Waals surface area contributed by atoms with Gasteiger partial charge in [0.15, 0.2) is 0 Å². The molecular formula is C16H17NO. The summed E-state index contributed by atoms with van der Waals surface area (Å²) < 4.78 is 4.97. The second-order valence-corrected chi connectivity index (χ2v) is 4.07. The lowest BCUT2D eigenvalue weighted by atomic mass is 10.1. The maximum absolute atomic E-state index is 4.97. The zero-order valence-electron chi connectivity index (χ0n) is 10.7. The van der Waals surface area contributed by atoms with E-state index < -0.39 is 0 Å². The summed E-state index contributed by atoms with van der Waals surface area (Å²) in [6, 6.07) is 16.4. The second-order valence-electron chi connectivity index (χ2n) is 4.07. The molecule has 0 saturated carbocycles. The molecule has 0 aliphatic heterocycles. The summed E-state index contributed by atoms with van der Waals surface area (Å²) in [6.07, 6.45) is 3.62. The molecule has 0 fully saturated rings. The first-order chi connectivity index (χ1) is 8.81. The fourth-order valence-electron chi connectivity index (χ4n) is 1.76. The topological polar surface area (TPSA) is 21.3 Å². The van der Waals surface area contributed by atoms with Crippen LogP contribution in [0.2, 0.25) is 0 Å². The summed E-state index contributed by atoms with van der Waals surface area (Å²) in [6.45, 7) is 2.09. The van der Waals surface area contributed by atoms with Gasteiger partial charge in [-0.1, -0.05) is 36.4 Å². The fourth-order valence-corrected chi connectivity index (χ4v) is 1.76. The average Bonchev–Trinajstić information content (AvgIpc) is 2.40. The number of para-hydroxylation sites is 2. The summed E-state index contributed by atoms with van der Waals surface area (Å²) >= 11 is 0. The highest BCUT2D eigenvalue weighted by atomic mass is 16.5. The molecule has 0 aliphatic rings. The predicted octanol–water partition coefficient (Wildman–Crippen LogP) is 4.36. The van der Waals surface area contributed by atoms with Crippen molar-refractivity contribution in [3.63, 3.8) is 0 Å². The van der Waals surface area contributed by atoms with Crippen molar-refractivity contribution in [2.24, 2.45) is 0 Å². The van der Waals surface area contributed by atoms with E-state index in [-0.39, 0.29) is 0 Å². The van der Waals surface area contributed by atoms with Gasteiger partial charge in [-0.3, -0.25) is 0 Å². The van der Waals surface area contributed by atoms with Gasteiger partial charge in [-0.25, -0.2) is 0 Å². The third-order valence-corrected chi connectivity index (χ3v) is 2.76. The molecule has 0 saturated heterocycles. The van der Waals surface area contributed by atoms with E-state index in [1.54, 1.807) is 13.4 Å². The van der Waals surface area contributed by atoms with Crippen LogP contribution in [-0.2, 0) is 4.74 Å². The van der Waals surface area contributed by atoms with Gasteiger partial charge in [-0.2, -0.15) is 0 Å². The Balaban J connectivity index is 2.29. The lowest BCUT2D eigenvalue weighted by molar-refractivity contribution is 0.341. The smallest absolute Gasteiger partial charge is 0.0831 e. The lowest BCUT2D eigenvalue weighted by Gasteiger charge is -2.11. The standard InChI is InChI=1S/C16H17NO/c1-13-7-3-5-9-15(13)17-16-10-6-4-8-14(16)11-12-18-2/h3-12,17H,1-2H3/b12-11+. The summed E-state index contributed by atoms with van der Waals surface area (Å²) in [4.78, 5) is 0. The summed E-state index contributed by atoms with van der Waals surface area (Å²) in [7, 11) is 1.65. The van der Waals surface area contributed by atoms with Crippen molar-refractivity contribution in [3.05, 3.63) is 65.9 Å². The second kappa shape index (κ2) is 5.92. The Labute approximate surface area is 108 Å². The SMILES string of the molecule is CO/C=C/c1ccccc1Nc1ccccc1C. The summed E-state index contributed by atoms with van der Waals surface area (Å²) in [5.74, 6) is 0. The number of hydrogen-bond donors (Lipinski definition) is 1. The van der Waals surface area contributed by atoms with Crippen LogP contribution >= 0.6 is 0 Å². The molecule has 2 heteroatoms. The van der Waals surface area contributed by atoms with Gasteiger partial charge in [0.05, 0.1) is 13.4 Å². The predicted molar refractivity (Wildman–Crippen MR) is 76.9 cm³/mol. The Kier molecular flexibility index (Phi) is 4.02. The zero-order chi connectivity index (χ0) is 12.8. The number of aryl methyl sites for hydroxylation is 1. The van der Waals surface area contributed by atoms with Crippen molar-refractivity contribution in [1.82, 2.24) is 0 Å². The van der Waals surface area contributed by atoms with Gasteiger partial charge in [0.25, 0.3) is 0 Å². The molecule has 2 aromatic rings. The van der Waals surface area contributed by atoms with E-state index >= 15 is 0 Å². The molecule has 0 aromatic heterocycles. The van der Waals surface area contributed by atoms with E-state index in [0.29, 0.717) is 0 Å². The first-order valence-corrected chi connectivity index (χ1v) is 5.92. The molecule has 0 aliphatic carbocycles. The molecule has 0 heterocycles. The third kappa shape index (κ3) is 2.92. The molecule has 0 amide bonds. The number of rotatable bonds is 4. The Morgan fingerprint density at radius 2 is 1.61 bits per heavy atom. The van der Waals surface area contributed by atoms with E-state index in [1.165, 1.54) is 5.56 Å². The molecule has 18 heavy (non-hydrogen) atoms. The van der Waals surface area contributed by atoms with Gasteiger partial charge < -0.3 is 10.1 Å². The van der Waals surface area contributed by atoms with Crippen LogP contribution < -0.4 is 5.32 Å². The average molecular weight is 239 g/mol. The number of nitrogens with one attached hydrogen (secondary N) is 1. The first-order valence-electron chi connectivity index (χ1n) is 5.92. The number of anilines is 2. The monoisotopic (exact) mass is 239 g/mol. The zero-order valence-corrected chi connectivity index (χ0v) is 10.7. The van der Waals surface area contributed by atoms with E-state index in [2.05, 4.69) is 36.5 Å². The Morgan fingerprint density at radius 3 is 2.33 bits per heavy atom. The molecular weight excluding hydrogens is 222 g/mol. The molecule has 0 radical (unpaired) electrons. The number of ether oxygens (including phenoxy) is 1. The highest BCUT2D eigenvalue weighted by molar-refractivity contribution is 5.72. The van der Waals surface area contributed by atoms with Gasteiger partial charge in [-0.15, -0.1) is 0 Å². The molecule has 0 unspecified atom stereocenters. The van der Waals surface area contributed by atoms with Crippen LogP contribution in [0.1, 0.15) is 11.1 Å². The fraction of sp³-hybridized carbons (Fsp3) is 0.125. The summed E-state index contributed by atoms with van der Waals surface area (Å²) in [5.41, 5.74) is 4.52. The van der Waals surface area contributed by atoms with E-state index in [4.69, 9.17) is 4.74 Å². The number of methoxy groups -OCH3 is 1.